The fraction of sp³-hybridized carbons (Fsp3) is 0.393. The fourth-order valence-corrected chi connectivity index (χ4v) is 4.64. The summed E-state index contributed by atoms with van der Waals surface area (Å²) in [5, 5.41) is 3.03. The molecule has 2 aliphatic rings. The van der Waals surface area contributed by atoms with Crippen LogP contribution in [-0.2, 0) is 4.79 Å². The third kappa shape index (κ3) is 5.73. The highest BCUT2D eigenvalue weighted by Crippen LogP contribution is 2.34. The minimum absolute atomic E-state index is 0.0163. The summed E-state index contributed by atoms with van der Waals surface area (Å²) >= 11 is 0. The van der Waals surface area contributed by atoms with Gasteiger partial charge in [0, 0.05) is 63.7 Å². The van der Waals surface area contributed by atoms with E-state index in [1.165, 1.54) is 5.56 Å². The molecule has 0 bridgehead atoms. The topological polar surface area (TPSA) is 91.0 Å². The lowest BCUT2D eigenvalue weighted by molar-refractivity contribution is -0.117. The molecule has 1 heterocycles. The molecule has 1 aliphatic carbocycles. The van der Waals surface area contributed by atoms with Crippen molar-refractivity contribution in [3.05, 3.63) is 65.4 Å². The molecular formula is C28H35N5O2. The molecule has 1 aliphatic heterocycles. The number of rotatable bonds is 7. The van der Waals surface area contributed by atoms with Gasteiger partial charge in [-0.15, -0.1) is 0 Å². The van der Waals surface area contributed by atoms with E-state index in [1.54, 1.807) is 19.5 Å². The number of anilines is 2. The van der Waals surface area contributed by atoms with Gasteiger partial charge in [-0.1, -0.05) is 24.3 Å². The maximum absolute atomic E-state index is 13.3. The first-order valence-corrected chi connectivity index (χ1v) is 12.3. The summed E-state index contributed by atoms with van der Waals surface area (Å²) < 4.78 is 0. The molecule has 2 aromatic carbocycles. The Kier molecular flexibility index (Phi) is 7.54. The van der Waals surface area contributed by atoms with Crippen molar-refractivity contribution in [3.63, 3.8) is 0 Å². The summed E-state index contributed by atoms with van der Waals surface area (Å²) in [5.41, 5.74) is 11.2. The first-order chi connectivity index (χ1) is 16.9. The Morgan fingerprint density at radius 2 is 1.69 bits per heavy atom. The predicted molar refractivity (Wildman–Crippen MR) is 143 cm³/mol. The molecule has 3 N–H and O–H groups in total. The highest BCUT2D eigenvalue weighted by atomic mass is 16.2. The van der Waals surface area contributed by atoms with Crippen LogP contribution in [0.1, 0.15) is 53.1 Å². The molecule has 0 aromatic heterocycles. The summed E-state index contributed by atoms with van der Waals surface area (Å²) in [6, 6.07) is 14.1. The number of allylic oxidation sites excluding steroid dienone is 1. The van der Waals surface area contributed by atoms with Crippen LogP contribution in [0.5, 0.6) is 0 Å². The summed E-state index contributed by atoms with van der Waals surface area (Å²) in [6.45, 7) is 1.42. The zero-order valence-electron chi connectivity index (χ0n) is 20.8. The summed E-state index contributed by atoms with van der Waals surface area (Å²) in [5.74, 6) is 0.584. The second-order valence-electron chi connectivity index (χ2n) is 9.59. The van der Waals surface area contributed by atoms with Crippen LogP contribution in [0.15, 0.2) is 53.7 Å². The van der Waals surface area contributed by atoms with Crippen LogP contribution in [0, 0.1) is 5.92 Å². The van der Waals surface area contributed by atoms with Gasteiger partial charge in [0.2, 0.25) is 5.91 Å². The van der Waals surface area contributed by atoms with Gasteiger partial charge >= 0.3 is 0 Å². The van der Waals surface area contributed by atoms with Gasteiger partial charge in [0.1, 0.15) is 0 Å². The molecule has 0 unspecified atom stereocenters. The van der Waals surface area contributed by atoms with E-state index in [-0.39, 0.29) is 17.7 Å². The average Bonchev–Trinajstić information content (AvgIpc) is 3.73. The Morgan fingerprint density at radius 3 is 2.26 bits per heavy atom. The third-order valence-electron chi connectivity index (χ3n) is 6.88. The molecule has 2 amide bonds. The Labute approximate surface area is 207 Å². The lowest BCUT2D eigenvalue weighted by atomic mass is 9.88. The number of carbonyl (C=O) groups excluding carboxylic acids is 2. The zero-order valence-corrected chi connectivity index (χ0v) is 20.8. The zero-order chi connectivity index (χ0) is 24.9. The number of benzene rings is 2. The van der Waals surface area contributed by atoms with E-state index in [2.05, 4.69) is 34.6 Å². The van der Waals surface area contributed by atoms with E-state index in [0.717, 1.165) is 42.5 Å². The Balaban J connectivity index is 1.41. The molecule has 0 atom stereocenters. The summed E-state index contributed by atoms with van der Waals surface area (Å²) in [7, 11) is 5.60. The van der Waals surface area contributed by atoms with Gasteiger partial charge in [0.25, 0.3) is 5.91 Å². The Morgan fingerprint density at radius 1 is 1.03 bits per heavy atom. The van der Waals surface area contributed by atoms with Crippen molar-refractivity contribution in [1.29, 1.82) is 0 Å². The van der Waals surface area contributed by atoms with Gasteiger partial charge in [-0.25, -0.2) is 0 Å². The van der Waals surface area contributed by atoms with Crippen LogP contribution in [0.3, 0.4) is 0 Å². The molecule has 2 aromatic rings. The standard InChI is InChI=1S/C28H35N5O2/c1-30-18-24(17-29)20-6-4-19(5-7-20)21-12-14-33(15-13-21)28(35)23-10-11-26(32(2)3)25(16-23)31-27(34)22-8-9-22/h4-7,10-11,16-18,21-22H,8-9,12-15,29H2,1-3H3,(H,31,34). The normalized spacial score (nSPS) is 17.0. The van der Waals surface area contributed by atoms with Gasteiger partial charge in [-0.3, -0.25) is 14.6 Å². The average molecular weight is 474 g/mol. The second-order valence-corrected chi connectivity index (χ2v) is 9.59. The molecule has 4 rings (SSSR count). The number of hydrogen-bond acceptors (Lipinski definition) is 5. The SMILES string of the molecule is CN=CC(=CN)c1ccc(C2CCN(C(=O)c3ccc(N(C)C)c(NC(=O)C4CC4)c3)CC2)cc1. The lowest BCUT2D eigenvalue weighted by Crippen LogP contribution is -2.38. The smallest absolute Gasteiger partial charge is 0.253 e. The van der Waals surface area contributed by atoms with Crippen molar-refractivity contribution < 1.29 is 9.59 Å². The quantitative estimate of drug-likeness (QED) is 0.592. The van der Waals surface area contributed by atoms with E-state index < -0.39 is 0 Å². The van der Waals surface area contributed by atoms with Crippen molar-refractivity contribution in [2.75, 3.05) is 44.4 Å². The van der Waals surface area contributed by atoms with Crippen LogP contribution in [0.4, 0.5) is 11.4 Å². The van der Waals surface area contributed by atoms with Crippen molar-refractivity contribution in [3.8, 4) is 0 Å². The van der Waals surface area contributed by atoms with Crippen molar-refractivity contribution in [2.45, 2.75) is 31.6 Å². The minimum Gasteiger partial charge on any atom is -0.404 e. The van der Waals surface area contributed by atoms with Gasteiger partial charge in [-0.2, -0.15) is 0 Å². The number of nitrogens with zero attached hydrogens (tertiary/aromatic N) is 3. The molecular weight excluding hydrogens is 438 g/mol. The van der Waals surface area contributed by atoms with Crippen LogP contribution >= 0.6 is 0 Å². The van der Waals surface area contributed by atoms with Crippen LogP contribution < -0.4 is 16.0 Å². The van der Waals surface area contributed by atoms with Gasteiger partial charge in [-0.05, 0) is 60.9 Å². The monoisotopic (exact) mass is 473 g/mol. The number of hydrogen-bond donors (Lipinski definition) is 2. The Hall–Kier alpha value is -3.61. The first kappa shape index (κ1) is 24.5. The van der Waals surface area contributed by atoms with Crippen molar-refractivity contribution >= 4 is 35.0 Å². The van der Waals surface area contributed by atoms with Crippen molar-refractivity contribution in [1.82, 2.24) is 4.90 Å². The van der Waals surface area contributed by atoms with Crippen LogP contribution in [0.2, 0.25) is 0 Å². The van der Waals surface area contributed by atoms with E-state index in [4.69, 9.17) is 5.73 Å². The Bertz CT molecular complexity index is 1120. The van der Waals surface area contributed by atoms with Crippen LogP contribution in [0.25, 0.3) is 5.57 Å². The molecule has 0 radical (unpaired) electrons. The van der Waals surface area contributed by atoms with Crippen molar-refractivity contribution in [2.24, 2.45) is 16.6 Å². The van der Waals surface area contributed by atoms with E-state index in [0.29, 0.717) is 30.3 Å². The lowest BCUT2D eigenvalue weighted by Gasteiger charge is -2.32. The maximum atomic E-state index is 13.3. The maximum Gasteiger partial charge on any atom is 0.253 e. The summed E-state index contributed by atoms with van der Waals surface area (Å²) in [6.07, 6.45) is 7.05. The third-order valence-corrected chi connectivity index (χ3v) is 6.88. The molecule has 7 heteroatoms. The highest BCUT2D eigenvalue weighted by Gasteiger charge is 2.30. The molecule has 184 valence electrons. The fourth-order valence-electron chi connectivity index (χ4n) is 4.64. The van der Waals surface area contributed by atoms with Crippen LogP contribution in [-0.4, -0.2) is 57.2 Å². The summed E-state index contributed by atoms with van der Waals surface area (Å²) in [4.78, 5) is 33.6. The molecule has 35 heavy (non-hydrogen) atoms. The number of piperidine rings is 1. The number of carbonyl (C=O) groups is 2. The molecule has 1 saturated heterocycles. The predicted octanol–water partition coefficient (Wildman–Crippen LogP) is 4.12. The number of amides is 2. The largest absolute Gasteiger partial charge is 0.404 e. The second kappa shape index (κ2) is 10.8. The molecule has 1 saturated carbocycles. The molecule has 0 spiro atoms. The first-order valence-electron chi connectivity index (χ1n) is 12.3. The van der Waals surface area contributed by atoms with Gasteiger partial charge in [0.15, 0.2) is 0 Å². The number of aliphatic imine (C=N–C) groups is 1. The molecule has 2 fully saturated rings. The van der Waals surface area contributed by atoms with Gasteiger partial charge in [0.05, 0.1) is 11.4 Å². The number of likely N-dealkylation sites (tertiary alicyclic amines) is 1. The van der Waals surface area contributed by atoms with Gasteiger partial charge < -0.3 is 20.9 Å². The number of nitrogens with two attached hydrogens (primary N) is 1. The highest BCUT2D eigenvalue weighted by molar-refractivity contribution is 6.09. The minimum atomic E-state index is 0.0163. The molecule has 7 nitrogen and oxygen atoms in total. The number of nitrogens with one attached hydrogen (secondary N) is 1. The van der Waals surface area contributed by atoms with E-state index >= 15 is 0 Å². The van der Waals surface area contributed by atoms with E-state index in [1.807, 2.05) is 42.1 Å². The van der Waals surface area contributed by atoms with E-state index in [9.17, 15) is 9.59 Å².